The molecule has 26 heteroatoms. The Hall–Kier alpha value is -4.17. The van der Waals surface area contributed by atoms with Gasteiger partial charge in [0, 0.05) is 32.7 Å². The first-order chi connectivity index (χ1) is 40.5. The van der Waals surface area contributed by atoms with Gasteiger partial charge in [-0.1, -0.05) is 168 Å². The lowest BCUT2D eigenvalue weighted by molar-refractivity contribution is -0.266. The number of carbonyl (C=O) groups excluding carboxylic acids is 8. The molecule has 11 atom stereocenters. The van der Waals surface area contributed by atoms with E-state index in [1.165, 1.54) is 130 Å². The second-order valence-corrected chi connectivity index (χ2v) is 23.9. The van der Waals surface area contributed by atoms with E-state index in [1.807, 2.05) is 0 Å². The molecule has 1 aliphatic rings. The largest absolute Gasteiger partial charge is 0.472 e. The number of primary amides is 1. The summed E-state index contributed by atoms with van der Waals surface area (Å²) in [6, 6.07) is -5.38. The fourth-order valence-electron chi connectivity index (χ4n) is 9.43. The van der Waals surface area contributed by atoms with Gasteiger partial charge in [0.1, 0.15) is 49.1 Å². The molecular weight excluding hydrogens is 1130 g/mol. The number of rotatable bonds is 52. The second-order valence-electron chi connectivity index (χ2n) is 22.4. The third kappa shape index (κ3) is 38.7. The van der Waals surface area contributed by atoms with Gasteiger partial charge < -0.3 is 66.2 Å². The summed E-state index contributed by atoms with van der Waals surface area (Å²) in [5, 5.41) is 42.7. The fraction of sp³-hybridized carbons (Fsp3) is 0.864. The highest BCUT2D eigenvalue weighted by molar-refractivity contribution is 7.47. The normalized spacial score (nSPS) is 19.3. The van der Waals surface area contributed by atoms with Gasteiger partial charge in [0.25, 0.3) is 0 Å². The number of esters is 2. The number of aliphatic hydroxyl groups is 3. The van der Waals surface area contributed by atoms with Crippen LogP contribution in [-0.4, -0.2) is 162 Å². The first-order valence-electron chi connectivity index (χ1n) is 31.5. The van der Waals surface area contributed by atoms with Crippen LogP contribution in [0.5, 0.6) is 0 Å². The van der Waals surface area contributed by atoms with Gasteiger partial charge in [-0.3, -0.25) is 52.7 Å². The van der Waals surface area contributed by atoms with Gasteiger partial charge in [0.05, 0.1) is 25.9 Å². The molecular formula is C59H109N6O19P. The average molecular weight is 1240 g/mol. The average Bonchev–Trinajstić information content (AvgIpc) is 3.56. The molecule has 25 nitrogen and oxygen atoms in total. The molecule has 0 aromatic carbocycles. The highest BCUT2D eigenvalue weighted by atomic mass is 31.2. The number of amides is 6. The predicted octanol–water partition coefficient (Wildman–Crippen LogP) is 5.76. The third-order valence-corrected chi connectivity index (χ3v) is 15.6. The summed E-state index contributed by atoms with van der Waals surface area (Å²) in [6.07, 6.45) is 20.5. The number of aliphatic hydroxyl groups excluding tert-OH is 3. The third-order valence-electron chi connectivity index (χ3n) is 14.6. The van der Waals surface area contributed by atoms with Crippen molar-refractivity contribution in [3.63, 3.8) is 0 Å². The smallest absolute Gasteiger partial charge is 0.462 e. The summed E-state index contributed by atoms with van der Waals surface area (Å²) in [6.45, 7) is 6.94. The number of hydrogen-bond donors (Lipinski definition) is 10. The van der Waals surface area contributed by atoms with Crippen molar-refractivity contribution in [1.82, 2.24) is 26.6 Å². The minimum atomic E-state index is -4.81. The lowest BCUT2D eigenvalue weighted by atomic mass is 9.96. The lowest BCUT2D eigenvalue weighted by Crippen LogP contribution is -2.65. The summed E-state index contributed by atoms with van der Waals surface area (Å²) in [5.74, 6) is -6.33. The van der Waals surface area contributed by atoms with E-state index < -0.39 is 149 Å². The van der Waals surface area contributed by atoms with Crippen molar-refractivity contribution < 1.29 is 91.1 Å². The maximum Gasteiger partial charge on any atom is 0.472 e. The predicted molar refractivity (Wildman–Crippen MR) is 318 cm³/mol. The molecule has 1 rings (SSSR count). The molecule has 1 aliphatic heterocycles. The molecule has 1 heterocycles. The number of phosphoric acid groups is 1. The Labute approximate surface area is 505 Å². The summed E-state index contributed by atoms with van der Waals surface area (Å²) in [5.41, 5.74) is 5.30. The Morgan fingerprint density at radius 2 is 1.11 bits per heavy atom. The van der Waals surface area contributed by atoms with Crippen LogP contribution < -0.4 is 32.3 Å². The highest BCUT2D eigenvalue weighted by Crippen LogP contribution is 2.43. The van der Waals surface area contributed by atoms with E-state index in [2.05, 4.69) is 40.4 Å². The molecule has 6 amide bonds. The van der Waals surface area contributed by atoms with Gasteiger partial charge in [0.2, 0.25) is 35.4 Å². The van der Waals surface area contributed by atoms with Gasteiger partial charge in [-0.05, 0) is 40.0 Å². The van der Waals surface area contributed by atoms with Crippen LogP contribution in [0.15, 0.2) is 0 Å². The minimum absolute atomic E-state index is 0.104. The number of phosphoric ester groups is 1. The molecule has 1 saturated heterocycles. The van der Waals surface area contributed by atoms with Crippen molar-refractivity contribution in [2.24, 2.45) is 5.73 Å². The van der Waals surface area contributed by atoms with E-state index in [1.54, 1.807) is 0 Å². The van der Waals surface area contributed by atoms with Gasteiger partial charge >= 0.3 is 19.8 Å². The van der Waals surface area contributed by atoms with E-state index in [0.29, 0.717) is 12.8 Å². The van der Waals surface area contributed by atoms with Crippen LogP contribution in [0.1, 0.15) is 234 Å². The standard InChI is InChI=1S/C59H109N6O19P/c1-7-9-11-13-15-17-19-21-23-25-27-29-31-33-50(69)79-40-46(83-51(70)34-32-30-28-26-24-22-20-18-16-14-12-10-8-2)41-81-85(77,78)80-38-37-61-42(3)55(72)65-58(75)47(35-36-49(60)68)64-56(73)43(4)62-57(74)44(5)82-54-52(63-45(6)67)59(76)84-48(39-66)53(54)71/h42-44,46-48,52-54,59,61,66,71,76H,7-41H2,1-6H3,(H2,60,68)(H,62,74)(H,63,67)(H,64,73)(H,77,78)(H,65,72,75)/t42-,43-,44?,46+,47+,48+,52+,53+,54+,59-/m0/s1. The number of hydrogen-bond acceptors (Lipinski definition) is 19. The molecule has 1 fully saturated rings. The van der Waals surface area contributed by atoms with Crippen LogP contribution in [0.3, 0.4) is 0 Å². The van der Waals surface area contributed by atoms with Crippen molar-refractivity contribution in [2.75, 3.05) is 33.0 Å². The molecule has 2 unspecified atom stereocenters. The Morgan fingerprint density at radius 1 is 0.612 bits per heavy atom. The Kier molecular flexibility index (Phi) is 44.4. The summed E-state index contributed by atoms with van der Waals surface area (Å²) >= 11 is 0. The number of nitrogens with one attached hydrogen (secondary N) is 5. The lowest BCUT2D eigenvalue weighted by Gasteiger charge is -2.43. The molecule has 0 aliphatic carbocycles. The molecule has 0 aromatic heterocycles. The second kappa shape index (κ2) is 47.8. The number of unbranched alkanes of at least 4 members (excludes halogenated alkanes) is 24. The molecule has 0 radical (unpaired) electrons. The van der Waals surface area contributed by atoms with E-state index in [-0.39, 0.29) is 25.8 Å². The summed E-state index contributed by atoms with van der Waals surface area (Å²) in [4.78, 5) is 113. The van der Waals surface area contributed by atoms with Gasteiger partial charge in [-0.15, -0.1) is 0 Å². The van der Waals surface area contributed by atoms with Crippen molar-refractivity contribution in [3.8, 4) is 0 Å². The first-order valence-corrected chi connectivity index (χ1v) is 33.0. The van der Waals surface area contributed by atoms with Crippen LogP contribution in [-0.2, 0) is 70.9 Å². The summed E-state index contributed by atoms with van der Waals surface area (Å²) in [7, 11) is -4.81. The summed E-state index contributed by atoms with van der Waals surface area (Å²) < 4.78 is 45.1. The molecule has 0 saturated carbocycles. The van der Waals surface area contributed by atoms with E-state index in [9.17, 15) is 63.1 Å². The molecule has 494 valence electrons. The van der Waals surface area contributed by atoms with E-state index >= 15 is 0 Å². The van der Waals surface area contributed by atoms with E-state index in [4.69, 9.17) is 33.7 Å². The topological polar surface area (TPSA) is 376 Å². The number of ether oxygens (including phenoxy) is 4. The zero-order valence-corrected chi connectivity index (χ0v) is 52.9. The fourth-order valence-corrected chi connectivity index (χ4v) is 10.2. The zero-order valence-electron chi connectivity index (χ0n) is 52.0. The van der Waals surface area contributed by atoms with Crippen molar-refractivity contribution in [1.29, 1.82) is 0 Å². The Bertz CT molecular complexity index is 1960. The maximum atomic E-state index is 13.3. The number of imide groups is 1. The van der Waals surface area contributed by atoms with Crippen LogP contribution in [0.2, 0.25) is 0 Å². The van der Waals surface area contributed by atoms with Crippen LogP contribution >= 0.6 is 7.82 Å². The minimum Gasteiger partial charge on any atom is -0.462 e. The Balaban J connectivity index is 2.74. The molecule has 11 N–H and O–H groups in total. The first kappa shape index (κ1) is 78.8. The Morgan fingerprint density at radius 3 is 1.59 bits per heavy atom. The molecule has 0 bridgehead atoms. The monoisotopic (exact) mass is 1240 g/mol. The van der Waals surface area contributed by atoms with Crippen molar-refractivity contribution in [3.05, 3.63) is 0 Å². The molecule has 0 aromatic rings. The van der Waals surface area contributed by atoms with Crippen LogP contribution in [0, 0.1) is 0 Å². The number of nitrogens with two attached hydrogens (primary N) is 1. The van der Waals surface area contributed by atoms with Gasteiger partial charge in [-0.2, -0.15) is 0 Å². The van der Waals surface area contributed by atoms with Crippen molar-refractivity contribution >= 4 is 55.2 Å². The quantitative estimate of drug-likeness (QED) is 0.0196. The van der Waals surface area contributed by atoms with Gasteiger partial charge in [0.15, 0.2) is 12.4 Å². The van der Waals surface area contributed by atoms with Crippen LogP contribution in [0.25, 0.3) is 0 Å². The van der Waals surface area contributed by atoms with Crippen LogP contribution in [0.4, 0.5) is 0 Å². The van der Waals surface area contributed by atoms with Crippen molar-refractivity contribution in [2.45, 2.75) is 295 Å². The molecule has 85 heavy (non-hydrogen) atoms. The SMILES string of the molecule is CCCCCCCCCCCCCCCC(=O)OC[C@H](COP(=O)(O)OCCN[C@@H](C)C(=O)NC(=O)[C@@H](CCC(N)=O)NC(=O)[C@H](C)NC(=O)C(C)O[C@H]1[C@H](O)[C@@H](CO)O[C@H](O)[C@@H]1NC(C)=O)OC(=O)CCCCCCCCCCCCCCC. The zero-order chi connectivity index (χ0) is 63.4. The molecule has 0 spiro atoms. The number of carbonyl (C=O) groups is 8. The maximum absolute atomic E-state index is 13.3. The van der Waals surface area contributed by atoms with E-state index in [0.717, 1.165) is 51.9 Å². The highest BCUT2D eigenvalue weighted by Gasteiger charge is 2.47. The van der Waals surface area contributed by atoms with Gasteiger partial charge in [-0.25, -0.2) is 4.57 Å².